The Morgan fingerprint density at radius 2 is 1.55 bits per heavy atom. The summed E-state index contributed by atoms with van der Waals surface area (Å²) in [6.45, 7) is 0. The molecule has 0 aliphatic carbocycles. The van der Waals surface area contributed by atoms with E-state index in [-0.39, 0.29) is 11.8 Å². The van der Waals surface area contributed by atoms with Crippen LogP contribution in [0.25, 0.3) is 0 Å². The molecule has 5 rings (SSSR count). The van der Waals surface area contributed by atoms with Gasteiger partial charge in [-0.25, -0.2) is 5.43 Å². The van der Waals surface area contributed by atoms with E-state index in [1.54, 1.807) is 30.5 Å². The third-order valence-electron chi connectivity index (χ3n) is 5.64. The average molecular weight is 472 g/mol. The van der Waals surface area contributed by atoms with Crippen LogP contribution in [0.1, 0.15) is 31.9 Å². The molecule has 3 aromatic carbocycles. The Morgan fingerprint density at radius 1 is 0.939 bits per heavy atom. The second kappa shape index (κ2) is 8.65. The van der Waals surface area contributed by atoms with Crippen molar-refractivity contribution in [2.75, 3.05) is 5.32 Å². The Hall–Kier alpha value is -3.74. The Labute approximate surface area is 199 Å². The second-order valence-corrected chi connectivity index (χ2v) is 8.86. The van der Waals surface area contributed by atoms with E-state index in [1.165, 1.54) is 11.3 Å². The molecule has 0 saturated heterocycles. The zero-order valence-electron chi connectivity index (χ0n) is 17.3. The zero-order valence-corrected chi connectivity index (χ0v) is 18.9. The second-order valence-electron chi connectivity index (χ2n) is 7.54. The van der Waals surface area contributed by atoms with Gasteiger partial charge in [0.15, 0.2) is 0 Å². The molecule has 7 heteroatoms. The number of hydrazone groups is 1. The van der Waals surface area contributed by atoms with Crippen LogP contribution in [0.3, 0.4) is 0 Å². The van der Waals surface area contributed by atoms with Gasteiger partial charge < -0.3 is 5.32 Å². The lowest BCUT2D eigenvalue weighted by Gasteiger charge is -2.28. The highest BCUT2D eigenvalue weighted by Crippen LogP contribution is 2.50. The number of hydrogen-bond acceptors (Lipinski definition) is 4. The first-order valence-corrected chi connectivity index (χ1v) is 11.5. The number of nitrogens with one attached hydrogen (secondary N) is 2. The first-order chi connectivity index (χ1) is 16.1. The van der Waals surface area contributed by atoms with E-state index < -0.39 is 5.41 Å². The van der Waals surface area contributed by atoms with Crippen LogP contribution < -0.4 is 10.7 Å². The number of thiophene rings is 1. The van der Waals surface area contributed by atoms with E-state index in [9.17, 15) is 9.59 Å². The normalized spacial score (nSPS) is 14.2. The first kappa shape index (κ1) is 21.1. The van der Waals surface area contributed by atoms with Gasteiger partial charge in [-0.15, -0.1) is 11.3 Å². The van der Waals surface area contributed by atoms with E-state index >= 15 is 0 Å². The van der Waals surface area contributed by atoms with Crippen LogP contribution in [0, 0.1) is 0 Å². The summed E-state index contributed by atoms with van der Waals surface area (Å²) in [5, 5.41) is 9.53. The molecule has 2 amide bonds. The number of anilines is 1. The van der Waals surface area contributed by atoms with Gasteiger partial charge in [0, 0.05) is 10.6 Å². The van der Waals surface area contributed by atoms with Crippen molar-refractivity contribution in [3.63, 3.8) is 0 Å². The zero-order chi connectivity index (χ0) is 22.8. The van der Waals surface area contributed by atoms with Gasteiger partial charge in [-0.3, -0.25) is 9.59 Å². The Bertz CT molecular complexity index is 1310. The molecule has 2 N–H and O–H groups in total. The van der Waals surface area contributed by atoms with Gasteiger partial charge in [-0.05, 0) is 34.2 Å². The minimum atomic E-state index is -1.03. The third-order valence-corrected chi connectivity index (χ3v) is 6.87. The number of halogens is 1. The van der Waals surface area contributed by atoms with Gasteiger partial charge in [-0.1, -0.05) is 84.4 Å². The van der Waals surface area contributed by atoms with Crippen LogP contribution in [0.5, 0.6) is 0 Å². The van der Waals surface area contributed by atoms with Crippen molar-refractivity contribution < 1.29 is 9.59 Å². The summed E-state index contributed by atoms with van der Waals surface area (Å²) >= 11 is 7.18. The van der Waals surface area contributed by atoms with Gasteiger partial charge in [0.05, 0.1) is 11.9 Å². The summed E-state index contributed by atoms with van der Waals surface area (Å²) in [6.07, 6.45) is 1.54. The lowest BCUT2D eigenvalue weighted by Crippen LogP contribution is -2.36. The van der Waals surface area contributed by atoms with E-state index in [0.717, 1.165) is 22.3 Å². The SMILES string of the molecule is O=C(NN=Cc1ccc(Cl)cc1)c1scc2c1NC(=O)C2(c1ccccc1)c1ccccc1. The molecule has 4 aromatic rings. The standard InChI is InChI=1S/C26H18ClN3O2S/c27-20-13-11-17(12-14-20)15-28-30-24(31)23-22-21(16-33-23)26(25(32)29-22,18-7-3-1-4-8-18)19-9-5-2-6-10-19/h1-16H,(H,29,32)(H,30,31). The first-order valence-electron chi connectivity index (χ1n) is 10.2. The van der Waals surface area contributed by atoms with Gasteiger partial charge in [0.1, 0.15) is 10.3 Å². The van der Waals surface area contributed by atoms with Crippen LogP contribution in [0.4, 0.5) is 5.69 Å². The number of benzene rings is 3. The van der Waals surface area contributed by atoms with Crippen molar-refractivity contribution in [1.29, 1.82) is 0 Å². The third kappa shape index (κ3) is 3.63. The van der Waals surface area contributed by atoms with E-state index in [1.807, 2.05) is 66.0 Å². The lowest BCUT2D eigenvalue weighted by atomic mass is 9.71. The minimum absolute atomic E-state index is 0.184. The van der Waals surface area contributed by atoms with Crippen molar-refractivity contribution in [3.05, 3.63) is 122 Å². The molecular formula is C26H18ClN3O2S. The van der Waals surface area contributed by atoms with Crippen molar-refractivity contribution >= 4 is 46.7 Å². The van der Waals surface area contributed by atoms with Gasteiger partial charge in [0.25, 0.3) is 5.91 Å². The molecule has 1 aliphatic heterocycles. The molecule has 2 heterocycles. The van der Waals surface area contributed by atoms with Crippen molar-refractivity contribution in [1.82, 2.24) is 5.43 Å². The highest BCUT2D eigenvalue weighted by molar-refractivity contribution is 7.13. The molecule has 0 spiro atoms. The fourth-order valence-corrected chi connectivity index (χ4v) is 5.22. The number of carbonyl (C=O) groups excluding carboxylic acids is 2. The van der Waals surface area contributed by atoms with Crippen LogP contribution in [-0.2, 0) is 10.2 Å². The largest absolute Gasteiger partial charge is 0.323 e. The summed E-state index contributed by atoms with van der Waals surface area (Å²) in [6, 6.07) is 26.3. The van der Waals surface area contributed by atoms with E-state index in [0.29, 0.717) is 15.6 Å². The Balaban J connectivity index is 1.51. The molecule has 33 heavy (non-hydrogen) atoms. The van der Waals surface area contributed by atoms with Crippen molar-refractivity contribution in [2.24, 2.45) is 5.10 Å². The lowest BCUT2D eigenvalue weighted by molar-refractivity contribution is -0.118. The fourth-order valence-electron chi connectivity index (χ4n) is 4.14. The highest BCUT2D eigenvalue weighted by atomic mass is 35.5. The summed E-state index contributed by atoms with van der Waals surface area (Å²) in [5.41, 5.74) is 5.31. The van der Waals surface area contributed by atoms with Gasteiger partial charge in [0.2, 0.25) is 5.91 Å². The molecule has 0 saturated carbocycles. The van der Waals surface area contributed by atoms with Gasteiger partial charge >= 0.3 is 0 Å². The summed E-state index contributed by atoms with van der Waals surface area (Å²) < 4.78 is 0. The topological polar surface area (TPSA) is 70.6 Å². The predicted molar refractivity (Wildman–Crippen MR) is 132 cm³/mol. The molecule has 0 fully saturated rings. The number of fused-ring (bicyclic) bond motifs is 1. The average Bonchev–Trinajstić information content (AvgIpc) is 3.38. The predicted octanol–water partition coefficient (Wildman–Crippen LogP) is 5.45. The molecule has 0 bridgehead atoms. The van der Waals surface area contributed by atoms with Crippen molar-refractivity contribution in [3.8, 4) is 0 Å². The van der Waals surface area contributed by atoms with Crippen LogP contribution in [0.2, 0.25) is 5.02 Å². The number of hydrogen-bond donors (Lipinski definition) is 2. The molecule has 1 aromatic heterocycles. The van der Waals surface area contributed by atoms with E-state index in [4.69, 9.17) is 11.6 Å². The fraction of sp³-hybridized carbons (Fsp3) is 0.0385. The van der Waals surface area contributed by atoms with E-state index in [2.05, 4.69) is 15.8 Å². The smallest absolute Gasteiger partial charge is 0.283 e. The molecule has 0 atom stereocenters. The number of nitrogens with zero attached hydrogens (tertiary/aromatic N) is 1. The number of carbonyl (C=O) groups is 2. The molecule has 0 unspecified atom stereocenters. The number of amides is 2. The maximum Gasteiger partial charge on any atom is 0.283 e. The summed E-state index contributed by atoms with van der Waals surface area (Å²) in [7, 11) is 0. The van der Waals surface area contributed by atoms with Gasteiger partial charge in [-0.2, -0.15) is 5.10 Å². The van der Waals surface area contributed by atoms with Crippen LogP contribution >= 0.6 is 22.9 Å². The monoisotopic (exact) mass is 471 g/mol. The maximum atomic E-state index is 13.5. The molecule has 1 aliphatic rings. The summed E-state index contributed by atoms with van der Waals surface area (Å²) in [4.78, 5) is 26.9. The van der Waals surface area contributed by atoms with Crippen molar-refractivity contribution in [2.45, 2.75) is 5.41 Å². The number of rotatable bonds is 5. The minimum Gasteiger partial charge on any atom is -0.323 e. The van der Waals surface area contributed by atoms with Crippen LogP contribution in [0.15, 0.2) is 95.4 Å². The molecule has 0 radical (unpaired) electrons. The molecule has 5 nitrogen and oxygen atoms in total. The quantitative estimate of drug-likeness (QED) is 0.300. The Kier molecular flexibility index (Phi) is 5.54. The maximum absolute atomic E-state index is 13.5. The Morgan fingerprint density at radius 3 is 2.15 bits per heavy atom. The summed E-state index contributed by atoms with van der Waals surface area (Å²) in [5.74, 6) is -0.569. The van der Waals surface area contributed by atoms with Crippen LogP contribution in [-0.4, -0.2) is 18.0 Å². The molecule has 162 valence electrons. The molecular weight excluding hydrogens is 454 g/mol. The highest BCUT2D eigenvalue weighted by Gasteiger charge is 2.51.